The van der Waals surface area contributed by atoms with Gasteiger partial charge in [0.2, 0.25) is 0 Å². The second kappa shape index (κ2) is 7.04. The molecule has 3 nitrogen and oxygen atoms in total. The number of aromatic nitrogens is 1. The fourth-order valence-corrected chi connectivity index (χ4v) is 2.52. The largest absolute Gasteiger partial charge is 0.387 e. The predicted molar refractivity (Wildman–Crippen MR) is 82.1 cm³/mol. The number of pyridine rings is 1. The lowest BCUT2D eigenvalue weighted by Gasteiger charge is -2.15. The van der Waals surface area contributed by atoms with E-state index in [9.17, 15) is 5.11 Å². The number of nitrogens with zero attached hydrogens (tertiary/aromatic N) is 1. The first kappa shape index (κ1) is 15.3. The second-order valence-corrected chi connectivity index (χ2v) is 5.42. The van der Waals surface area contributed by atoms with Gasteiger partial charge in [0.25, 0.3) is 0 Å². The van der Waals surface area contributed by atoms with Crippen LogP contribution < -0.4 is 5.32 Å². The van der Waals surface area contributed by atoms with Crippen molar-refractivity contribution >= 4 is 23.2 Å². The molecule has 5 heteroatoms. The molecule has 0 saturated heterocycles. The SMILES string of the molecule is Cc1ccc(CNCC(O)c2c(Cl)cccc2Cl)nc1. The van der Waals surface area contributed by atoms with Gasteiger partial charge < -0.3 is 10.4 Å². The smallest absolute Gasteiger partial charge is 0.0943 e. The lowest BCUT2D eigenvalue weighted by molar-refractivity contribution is 0.174. The molecule has 0 fully saturated rings. The molecule has 0 radical (unpaired) electrons. The number of nitrogens with one attached hydrogen (secondary N) is 1. The normalized spacial score (nSPS) is 12.4. The van der Waals surface area contributed by atoms with Gasteiger partial charge in [0.15, 0.2) is 0 Å². The Morgan fingerprint density at radius 2 is 1.90 bits per heavy atom. The number of aryl methyl sites for hydroxylation is 1. The summed E-state index contributed by atoms with van der Waals surface area (Å²) in [6.45, 7) is 2.94. The highest BCUT2D eigenvalue weighted by atomic mass is 35.5. The molecule has 0 aliphatic rings. The number of aliphatic hydroxyl groups is 1. The van der Waals surface area contributed by atoms with Crippen LogP contribution in [-0.2, 0) is 6.54 Å². The molecule has 20 heavy (non-hydrogen) atoms. The maximum absolute atomic E-state index is 10.2. The zero-order valence-electron chi connectivity index (χ0n) is 11.1. The molecular weight excluding hydrogens is 295 g/mol. The van der Waals surface area contributed by atoms with Crippen molar-refractivity contribution < 1.29 is 5.11 Å². The van der Waals surface area contributed by atoms with Gasteiger partial charge >= 0.3 is 0 Å². The molecule has 106 valence electrons. The predicted octanol–water partition coefficient (Wildman–Crippen LogP) is 3.52. The molecule has 1 aromatic carbocycles. The molecule has 0 aliphatic carbocycles. The molecule has 0 saturated carbocycles. The first-order valence-corrected chi connectivity index (χ1v) is 7.07. The Morgan fingerprint density at radius 1 is 1.20 bits per heavy atom. The fraction of sp³-hybridized carbons (Fsp3) is 0.267. The van der Waals surface area contributed by atoms with Gasteiger partial charge in [-0.05, 0) is 30.7 Å². The number of benzene rings is 1. The summed E-state index contributed by atoms with van der Waals surface area (Å²) in [4.78, 5) is 4.29. The van der Waals surface area contributed by atoms with Crippen LogP contribution >= 0.6 is 23.2 Å². The topological polar surface area (TPSA) is 45.1 Å². The lowest BCUT2D eigenvalue weighted by atomic mass is 10.1. The zero-order chi connectivity index (χ0) is 14.5. The van der Waals surface area contributed by atoms with Crippen molar-refractivity contribution in [1.82, 2.24) is 10.3 Å². The first-order valence-electron chi connectivity index (χ1n) is 6.32. The highest BCUT2D eigenvalue weighted by Gasteiger charge is 2.14. The summed E-state index contributed by atoms with van der Waals surface area (Å²) in [7, 11) is 0. The number of halogens is 2. The molecule has 0 aliphatic heterocycles. The Hall–Kier alpha value is -1.13. The summed E-state index contributed by atoms with van der Waals surface area (Å²) in [6.07, 6.45) is 1.07. The molecule has 1 unspecified atom stereocenters. The van der Waals surface area contributed by atoms with E-state index in [0.717, 1.165) is 11.3 Å². The summed E-state index contributed by atoms with van der Waals surface area (Å²) in [5.74, 6) is 0. The molecule has 0 bridgehead atoms. The van der Waals surface area contributed by atoms with Gasteiger partial charge in [-0.25, -0.2) is 0 Å². The Balaban J connectivity index is 1.92. The molecule has 1 atom stereocenters. The lowest BCUT2D eigenvalue weighted by Crippen LogP contribution is -2.22. The van der Waals surface area contributed by atoms with E-state index in [1.54, 1.807) is 18.2 Å². The van der Waals surface area contributed by atoms with Crippen molar-refractivity contribution in [2.45, 2.75) is 19.6 Å². The van der Waals surface area contributed by atoms with E-state index < -0.39 is 6.10 Å². The molecule has 2 rings (SSSR count). The van der Waals surface area contributed by atoms with Crippen LogP contribution in [0.2, 0.25) is 10.0 Å². The fourth-order valence-electron chi connectivity index (χ4n) is 1.87. The third-order valence-electron chi connectivity index (χ3n) is 2.95. The molecule has 2 aromatic rings. The van der Waals surface area contributed by atoms with Gasteiger partial charge in [0.1, 0.15) is 0 Å². The second-order valence-electron chi connectivity index (χ2n) is 4.61. The average Bonchev–Trinajstić information content (AvgIpc) is 2.41. The van der Waals surface area contributed by atoms with Gasteiger partial charge in [0.05, 0.1) is 11.8 Å². The number of hydrogen-bond acceptors (Lipinski definition) is 3. The third-order valence-corrected chi connectivity index (χ3v) is 3.61. The summed E-state index contributed by atoms with van der Waals surface area (Å²) >= 11 is 12.1. The Labute approximate surface area is 128 Å². The van der Waals surface area contributed by atoms with Gasteiger partial charge in [-0.15, -0.1) is 0 Å². The highest BCUT2D eigenvalue weighted by Crippen LogP contribution is 2.29. The zero-order valence-corrected chi connectivity index (χ0v) is 12.6. The van der Waals surface area contributed by atoms with Gasteiger partial charge in [-0.1, -0.05) is 35.3 Å². The van der Waals surface area contributed by atoms with Crippen LogP contribution in [0.1, 0.15) is 22.9 Å². The number of rotatable bonds is 5. The summed E-state index contributed by atoms with van der Waals surface area (Å²) < 4.78 is 0. The van der Waals surface area contributed by atoms with Crippen LogP contribution in [0.4, 0.5) is 0 Å². The van der Waals surface area contributed by atoms with E-state index in [4.69, 9.17) is 23.2 Å². The highest BCUT2D eigenvalue weighted by molar-refractivity contribution is 6.36. The van der Waals surface area contributed by atoms with Crippen molar-refractivity contribution in [3.63, 3.8) is 0 Å². The number of aliphatic hydroxyl groups excluding tert-OH is 1. The maximum atomic E-state index is 10.2. The quantitative estimate of drug-likeness (QED) is 0.888. The van der Waals surface area contributed by atoms with E-state index in [-0.39, 0.29) is 0 Å². The van der Waals surface area contributed by atoms with E-state index >= 15 is 0 Å². The minimum absolute atomic E-state index is 0.360. The van der Waals surface area contributed by atoms with E-state index in [2.05, 4.69) is 10.3 Å². The van der Waals surface area contributed by atoms with Crippen molar-refractivity contribution in [3.8, 4) is 0 Å². The Kier molecular flexibility index (Phi) is 5.38. The monoisotopic (exact) mass is 310 g/mol. The van der Waals surface area contributed by atoms with Gasteiger partial charge in [-0.2, -0.15) is 0 Å². The molecule has 1 aromatic heterocycles. The van der Waals surface area contributed by atoms with Gasteiger partial charge in [0, 0.05) is 34.9 Å². The number of hydrogen-bond donors (Lipinski definition) is 2. The third kappa shape index (κ3) is 3.93. The van der Waals surface area contributed by atoms with Crippen molar-refractivity contribution in [3.05, 3.63) is 63.4 Å². The van der Waals surface area contributed by atoms with E-state index in [1.807, 2.05) is 25.3 Å². The van der Waals surface area contributed by atoms with Crippen LogP contribution in [0.3, 0.4) is 0 Å². The minimum Gasteiger partial charge on any atom is -0.387 e. The molecule has 0 amide bonds. The van der Waals surface area contributed by atoms with Crippen LogP contribution in [0, 0.1) is 6.92 Å². The summed E-state index contributed by atoms with van der Waals surface area (Å²) in [5.41, 5.74) is 2.60. The van der Waals surface area contributed by atoms with Crippen LogP contribution in [0.15, 0.2) is 36.5 Å². The van der Waals surface area contributed by atoms with Crippen molar-refractivity contribution in [1.29, 1.82) is 0 Å². The molecule has 0 spiro atoms. The van der Waals surface area contributed by atoms with E-state index in [1.165, 1.54) is 0 Å². The van der Waals surface area contributed by atoms with Crippen LogP contribution in [0.5, 0.6) is 0 Å². The summed E-state index contributed by atoms with van der Waals surface area (Å²) in [6, 6.07) is 9.15. The molecular formula is C15H16Cl2N2O. The molecule has 2 N–H and O–H groups in total. The van der Waals surface area contributed by atoms with Crippen LogP contribution in [-0.4, -0.2) is 16.6 Å². The summed E-state index contributed by atoms with van der Waals surface area (Å²) in [5, 5.41) is 14.2. The van der Waals surface area contributed by atoms with E-state index in [0.29, 0.717) is 28.7 Å². The standard InChI is InChI=1S/C15H16Cl2N2O/c1-10-5-6-11(19-7-10)8-18-9-14(20)15-12(16)3-2-4-13(15)17/h2-7,14,18,20H,8-9H2,1H3. The first-order chi connectivity index (χ1) is 9.58. The maximum Gasteiger partial charge on any atom is 0.0943 e. The van der Waals surface area contributed by atoms with Crippen LogP contribution in [0.25, 0.3) is 0 Å². The molecule has 1 heterocycles. The Bertz CT molecular complexity index is 552. The minimum atomic E-state index is -0.748. The Morgan fingerprint density at radius 3 is 2.50 bits per heavy atom. The van der Waals surface area contributed by atoms with Gasteiger partial charge in [-0.3, -0.25) is 4.98 Å². The average molecular weight is 311 g/mol. The van der Waals surface area contributed by atoms with Crippen molar-refractivity contribution in [2.75, 3.05) is 6.54 Å². The van der Waals surface area contributed by atoms with Crippen molar-refractivity contribution in [2.24, 2.45) is 0 Å².